The van der Waals surface area contributed by atoms with Gasteiger partial charge in [0.05, 0.1) is 0 Å². The summed E-state index contributed by atoms with van der Waals surface area (Å²) in [5.41, 5.74) is 1.42. The van der Waals surface area contributed by atoms with E-state index >= 15 is 0 Å². The Kier molecular flexibility index (Phi) is 6.74. The van der Waals surface area contributed by atoms with Gasteiger partial charge in [0.15, 0.2) is 6.61 Å². The summed E-state index contributed by atoms with van der Waals surface area (Å²) >= 11 is 0. The van der Waals surface area contributed by atoms with Gasteiger partial charge in [-0.25, -0.2) is 9.59 Å². The number of carbonyl (C=O) groups excluding carboxylic acids is 2. The van der Waals surface area contributed by atoms with Crippen molar-refractivity contribution < 1.29 is 23.5 Å². The van der Waals surface area contributed by atoms with Gasteiger partial charge in [0.2, 0.25) is 0 Å². The van der Waals surface area contributed by atoms with Crippen LogP contribution in [0, 0.1) is 19.8 Å². The Morgan fingerprint density at radius 1 is 1.06 bits per heavy atom. The maximum absolute atomic E-state index is 12.2. The molecule has 7 heteroatoms. The molecular weight excluding hydrogens is 398 g/mol. The quantitative estimate of drug-likeness (QED) is 0.353. The first-order chi connectivity index (χ1) is 14.7. The number of esters is 1. The molecule has 0 aliphatic carbocycles. The number of benzene rings is 2. The minimum atomic E-state index is -0.754. The Hall–Kier alpha value is -3.61. The van der Waals surface area contributed by atoms with Gasteiger partial charge in [0.1, 0.15) is 22.6 Å². The van der Waals surface area contributed by atoms with Gasteiger partial charge in [-0.05, 0) is 49.6 Å². The Bertz CT molecular complexity index is 1180. The van der Waals surface area contributed by atoms with Crippen LogP contribution in [0.5, 0.6) is 11.5 Å². The Morgan fingerprint density at radius 2 is 1.84 bits per heavy atom. The molecule has 162 valence electrons. The first-order valence-electron chi connectivity index (χ1n) is 10.00. The molecule has 31 heavy (non-hydrogen) atoms. The van der Waals surface area contributed by atoms with Crippen molar-refractivity contribution in [3.05, 3.63) is 69.6 Å². The van der Waals surface area contributed by atoms with Gasteiger partial charge in [-0.2, -0.15) is 0 Å². The van der Waals surface area contributed by atoms with E-state index in [9.17, 15) is 14.4 Å². The highest BCUT2D eigenvalue weighted by atomic mass is 16.6. The zero-order valence-corrected chi connectivity index (χ0v) is 18.0. The first-order valence-corrected chi connectivity index (χ1v) is 10.00. The van der Waals surface area contributed by atoms with Crippen LogP contribution in [0.2, 0.25) is 0 Å². The third-order valence-corrected chi connectivity index (χ3v) is 4.53. The third kappa shape index (κ3) is 5.72. The minimum Gasteiger partial charge on any atom is -0.482 e. The lowest BCUT2D eigenvalue weighted by Gasteiger charge is -2.10. The van der Waals surface area contributed by atoms with Crippen LogP contribution in [0.15, 0.2) is 51.7 Å². The lowest BCUT2D eigenvalue weighted by atomic mass is 10.1. The van der Waals surface area contributed by atoms with Crippen molar-refractivity contribution in [1.82, 2.24) is 5.32 Å². The molecule has 0 radical (unpaired) electrons. The van der Waals surface area contributed by atoms with E-state index in [-0.39, 0.29) is 29.4 Å². The molecule has 0 unspecified atom stereocenters. The fraction of sp³-hybridized carbons (Fsp3) is 0.292. The SMILES string of the molecule is Cc1ccc(OCC(=O)Oc2ccc3cc(C(=O)NCC(C)C)c(=O)oc3c2)c(C)c1. The lowest BCUT2D eigenvalue weighted by molar-refractivity contribution is -0.136. The first kappa shape index (κ1) is 22.1. The van der Waals surface area contributed by atoms with Gasteiger partial charge in [0.25, 0.3) is 5.91 Å². The molecule has 0 atom stereocenters. The highest BCUT2D eigenvalue weighted by molar-refractivity contribution is 5.96. The second kappa shape index (κ2) is 9.47. The highest BCUT2D eigenvalue weighted by Crippen LogP contribution is 2.22. The van der Waals surface area contributed by atoms with E-state index in [1.54, 1.807) is 18.2 Å². The fourth-order valence-corrected chi connectivity index (χ4v) is 2.96. The molecule has 0 bridgehead atoms. The standard InChI is InChI=1S/C24H25NO6/c1-14(2)12-25-23(27)19-10-17-6-7-18(11-21(17)31-24(19)28)30-22(26)13-29-20-8-5-15(3)9-16(20)4/h5-11,14H,12-13H2,1-4H3,(H,25,27). The molecule has 0 aliphatic rings. The Balaban J connectivity index is 1.69. The van der Waals surface area contributed by atoms with Crippen LogP contribution in [-0.2, 0) is 4.79 Å². The Labute approximate surface area is 180 Å². The van der Waals surface area contributed by atoms with Crippen LogP contribution in [0.4, 0.5) is 0 Å². The minimum absolute atomic E-state index is 0.0697. The maximum atomic E-state index is 12.2. The van der Waals surface area contributed by atoms with Gasteiger partial charge < -0.3 is 19.2 Å². The molecule has 0 saturated carbocycles. The third-order valence-electron chi connectivity index (χ3n) is 4.53. The molecule has 0 saturated heterocycles. The van der Waals surface area contributed by atoms with Crippen LogP contribution in [0.1, 0.15) is 35.3 Å². The van der Waals surface area contributed by atoms with Crippen LogP contribution in [-0.4, -0.2) is 25.0 Å². The number of ether oxygens (including phenoxy) is 2. The Morgan fingerprint density at radius 3 is 2.55 bits per heavy atom. The molecule has 1 heterocycles. The van der Waals surface area contributed by atoms with E-state index < -0.39 is 17.5 Å². The predicted molar refractivity (Wildman–Crippen MR) is 117 cm³/mol. The predicted octanol–water partition coefficient (Wildman–Crippen LogP) is 3.78. The highest BCUT2D eigenvalue weighted by Gasteiger charge is 2.15. The average molecular weight is 423 g/mol. The summed E-state index contributed by atoms with van der Waals surface area (Å²) in [7, 11) is 0. The van der Waals surface area contributed by atoms with Crippen molar-refractivity contribution >= 4 is 22.8 Å². The molecule has 7 nitrogen and oxygen atoms in total. The van der Waals surface area contributed by atoms with Crippen molar-refractivity contribution in [1.29, 1.82) is 0 Å². The van der Waals surface area contributed by atoms with Crippen LogP contribution in [0.25, 0.3) is 11.0 Å². The molecular formula is C24H25NO6. The van der Waals surface area contributed by atoms with E-state index in [1.165, 1.54) is 12.1 Å². The van der Waals surface area contributed by atoms with Crippen molar-refractivity contribution in [2.75, 3.05) is 13.2 Å². The number of rotatable bonds is 7. The zero-order chi connectivity index (χ0) is 22.5. The van der Waals surface area contributed by atoms with Crippen molar-refractivity contribution in [3.63, 3.8) is 0 Å². The summed E-state index contributed by atoms with van der Waals surface area (Å²) in [6.07, 6.45) is 0. The van der Waals surface area contributed by atoms with E-state index in [0.717, 1.165) is 11.1 Å². The number of carbonyl (C=O) groups is 2. The summed E-state index contributed by atoms with van der Waals surface area (Å²) < 4.78 is 16.1. The second-order valence-electron chi connectivity index (χ2n) is 7.78. The van der Waals surface area contributed by atoms with Crippen molar-refractivity contribution in [2.45, 2.75) is 27.7 Å². The molecule has 0 spiro atoms. The largest absolute Gasteiger partial charge is 0.482 e. The van der Waals surface area contributed by atoms with Gasteiger partial charge in [-0.3, -0.25) is 4.79 Å². The normalized spacial score (nSPS) is 10.9. The van der Waals surface area contributed by atoms with Crippen LogP contribution >= 0.6 is 0 Å². The molecule has 1 amide bonds. The summed E-state index contributed by atoms with van der Waals surface area (Å²) in [4.78, 5) is 36.6. The topological polar surface area (TPSA) is 94.8 Å². The molecule has 0 aliphatic heterocycles. The number of amides is 1. The number of aryl methyl sites for hydroxylation is 2. The van der Waals surface area contributed by atoms with E-state index in [4.69, 9.17) is 13.9 Å². The van der Waals surface area contributed by atoms with E-state index in [2.05, 4.69) is 5.32 Å². The molecule has 1 N–H and O–H groups in total. The summed E-state index contributed by atoms with van der Waals surface area (Å²) in [5.74, 6) is -0.000399. The van der Waals surface area contributed by atoms with Gasteiger partial charge >= 0.3 is 11.6 Å². The van der Waals surface area contributed by atoms with Gasteiger partial charge in [-0.1, -0.05) is 31.5 Å². The summed E-state index contributed by atoms with van der Waals surface area (Å²) in [6, 6.07) is 11.7. The van der Waals surface area contributed by atoms with Crippen LogP contribution < -0.4 is 20.4 Å². The van der Waals surface area contributed by atoms with Gasteiger partial charge in [0, 0.05) is 18.0 Å². The number of hydrogen-bond donors (Lipinski definition) is 1. The number of nitrogens with one attached hydrogen (secondary N) is 1. The fourth-order valence-electron chi connectivity index (χ4n) is 2.96. The average Bonchev–Trinajstić information content (AvgIpc) is 2.70. The van der Waals surface area contributed by atoms with E-state index in [1.807, 2.05) is 39.8 Å². The summed E-state index contributed by atoms with van der Waals surface area (Å²) in [5, 5.41) is 3.24. The molecule has 0 fully saturated rings. The molecule has 2 aromatic carbocycles. The second-order valence-corrected chi connectivity index (χ2v) is 7.78. The van der Waals surface area contributed by atoms with Crippen molar-refractivity contribution in [2.24, 2.45) is 5.92 Å². The number of fused-ring (bicyclic) bond motifs is 1. The van der Waals surface area contributed by atoms with Crippen molar-refractivity contribution in [3.8, 4) is 11.5 Å². The summed E-state index contributed by atoms with van der Waals surface area (Å²) in [6.45, 7) is 7.98. The van der Waals surface area contributed by atoms with Gasteiger partial charge in [-0.15, -0.1) is 0 Å². The number of hydrogen-bond acceptors (Lipinski definition) is 6. The molecule has 3 aromatic rings. The van der Waals surface area contributed by atoms with Crippen LogP contribution in [0.3, 0.4) is 0 Å². The molecule has 3 rings (SSSR count). The maximum Gasteiger partial charge on any atom is 0.349 e. The smallest absolute Gasteiger partial charge is 0.349 e. The van der Waals surface area contributed by atoms with E-state index in [0.29, 0.717) is 17.7 Å². The lowest BCUT2D eigenvalue weighted by Crippen LogP contribution is -2.31. The monoisotopic (exact) mass is 423 g/mol. The molecule has 1 aromatic heterocycles. The zero-order valence-electron chi connectivity index (χ0n) is 18.0.